The van der Waals surface area contributed by atoms with E-state index in [1.165, 1.54) is 6.07 Å². The molecule has 5 nitrogen and oxygen atoms in total. The largest absolute Gasteiger partial charge is 0.506 e. The maximum Gasteiger partial charge on any atom is 0.266 e. The molecular formula is C23H17Cl2N3O2S2. The molecule has 4 aromatic rings. The Morgan fingerprint density at radius 1 is 1.06 bits per heavy atom. The van der Waals surface area contributed by atoms with Crippen molar-refractivity contribution >= 4 is 68.9 Å². The molecule has 0 atom stereocenters. The number of fused-ring (bicyclic) bond motifs is 1. The minimum atomic E-state index is -0.424. The van der Waals surface area contributed by atoms with Crippen molar-refractivity contribution in [1.82, 2.24) is 10.3 Å². The van der Waals surface area contributed by atoms with Crippen LogP contribution in [0, 0.1) is 0 Å². The van der Waals surface area contributed by atoms with Gasteiger partial charge in [-0.3, -0.25) is 4.79 Å². The van der Waals surface area contributed by atoms with E-state index in [0.717, 1.165) is 27.9 Å². The van der Waals surface area contributed by atoms with Gasteiger partial charge in [-0.25, -0.2) is 0 Å². The molecule has 0 amide bonds. The van der Waals surface area contributed by atoms with Crippen LogP contribution < -0.4 is 16.2 Å². The van der Waals surface area contributed by atoms with Gasteiger partial charge in [-0.1, -0.05) is 65.3 Å². The molecule has 1 heterocycles. The fraction of sp³-hybridized carbons (Fsp3) is 0.0435. The number of thiocarbonyl (C=S) groups is 1. The average molecular weight is 502 g/mol. The van der Waals surface area contributed by atoms with Gasteiger partial charge in [-0.05, 0) is 54.2 Å². The van der Waals surface area contributed by atoms with E-state index >= 15 is 0 Å². The zero-order chi connectivity index (χ0) is 22.7. The lowest BCUT2D eigenvalue weighted by molar-refractivity contribution is 0.467. The Morgan fingerprint density at radius 2 is 1.78 bits per heavy atom. The maximum absolute atomic E-state index is 12.5. The lowest BCUT2D eigenvalue weighted by Gasteiger charge is -2.12. The second-order valence-electron chi connectivity index (χ2n) is 6.86. The summed E-state index contributed by atoms with van der Waals surface area (Å²) in [5, 5.41) is 18.5. The zero-order valence-corrected chi connectivity index (χ0v) is 19.6. The van der Waals surface area contributed by atoms with E-state index < -0.39 is 5.56 Å². The van der Waals surface area contributed by atoms with Crippen LogP contribution in [0.5, 0.6) is 5.75 Å². The second kappa shape index (κ2) is 9.83. The SMILES string of the molecule is O=c1[nH]c2cc(Cl)cc(Cl)c2c(O)c1Sc1ccc(NC(=S)NCc2ccccc2)cc1. The normalized spacial score (nSPS) is 10.8. The number of rotatable bonds is 5. The molecule has 0 bridgehead atoms. The molecule has 4 N–H and O–H groups in total. The predicted octanol–water partition coefficient (Wildman–Crippen LogP) is 6.18. The topological polar surface area (TPSA) is 77.2 Å². The highest BCUT2D eigenvalue weighted by atomic mass is 35.5. The Labute approximate surface area is 203 Å². The van der Waals surface area contributed by atoms with Crippen molar-refractivity contribution in [1.29, 1.82) is 0 Å². The number of halogens is 2. The molecule has 0 radical (unpaired) electrons. The first kappa shape index (κ1) is 22.5. The third-order valence-corrected chi connectivity index (χ3v) is 6.44. The first-order valence-corrected chi connectivity index (χ1v) is 11.5. The lowest BCUT2D eigenvalue weighted by Crippen LogP contribution is -2.27. The van der Waals surface area contributed by atoms with E-state index in [1.54, 1.807) is 6.07 Å². The molecule has 0 aliphatic rings. The van der Waals surface area contributed by atoms with Gasteiger partial charge in [-0.2, -0.15) is 0 Å². The molecule has 0 unspecified atom stereocenters. The molecule has 162 valence electrons. The number of benzene rings is 3. The van der Waals surface area contributed by atoms with E-state index in [-0.39, 0.29) is 15.7 Å². The number of aromatic hydroxyl groups is 1. The van der Waals surface area contributed by atoms with Crippen molar-refractivity contribution in [3.63, 3.8) is 0 Å². The molecule has 0 aliphatic carbocycles. The van der Waals surface area contributed by atoms with Gasteiger partial charge in [-0.15, -0.1) is 0 Å². The minimum Gasteiger partial charge on any atom is -0.506 e. The standard InChI is InChI=1S/C23H17Cl2N3O2S2/c24-14-10-17(25)19-18(11-14)28-22(30)21(20(19)29)32-16-8-6-15(7-9-16)27-23(31)26-12-13-4-2-1-3-5-13/h1-11H,12H2,(H2,26,27,31)(H2,28,29,30). The second-order valence-corrected chi connectivity index (χ2v) is 9.20. The monoisotopic (exact) mass is 501 g/mol. The molecule has 0 fully saturated rings. The Balaban J connectivity index is 1.46. The summed E-state index contributed by atoms with van der Waals surface area (Å²) < 4.78 is 0. The van der Waals surface area contributed by atoms with E-state index in [9.17, 15) is 9.90 Å². The molecular weight excluding hydrogens is 485 g/mol. The first-order chi connectivity index (χ1) is 15.4. The number of hydrogen-bond donors (Lipinski definition) is 4. The molecule has 4 rings (SSSR count). The van der Waals surface area contributed by atoms with Gasteiger partial charge >= 0.3 is 0 Å². The quantitative estimate of drug-likeness (QED) is 0.244. The number of nitrogens with one attached hydrogen (secondary N) is 3. The highest BCUT2D eigenvalue weighted by Crippen LogP contribution is 2.39. The fourth-order valence-electron chi connectivity index (χ4n) is 3.09. The zero-order valence-electron chi connectivity index (χ0n) is 16.5. The van der Waals surface area contributed by atoms with Gasteiger partial charge in [0.25, 0.3) is 5.56 Å². The van der Waals surface area contributed by atoms with Crippen LogP contribution in [0.2, 0.25) is 10.0 Å². The summed E-state index contributed by atoms with van der Waals surface area (Å²) in [5.41, 5.74) is 1.89. The molecule has 0 saturated heterocycles. The number of aromatic nitrogens is 1. The van der Waals surface area contributed by atoms with Gasteiger partial charge in [0, 0.05) is 22.2 Å². The molecule has 0 aliphatic heterocycles. The van der Waals surface area contributed by atoms with Gasteiger partial charge in [0.2, 0.25) is 0 Å². The van der Waals surface area contributed by atoms with Crippen LogP contribution in [0.15, 0.2) is 81.3 Å². The Morgan fingerprint density at radius 3 is 2.50 bits per heavy atom. The van der Waals surface area contributed by atoms with Crippen molar-refractivity contribution in [2.45, 2.75) is 16.3 Å². The number of pyridine rings is 1. The summed E-state index contributed by atoms with van der Waals surface area (Å²) in [5.74, 6) is -0.177. The average Bonchev–Trinajstić information content (AvgIpc) is 2.76. The third-order valence-electron chi connectivity index (χ3n) is 4.59. The van der Waals surface area contributed by atoms with E-state index in [1.807, 2.05) is 54.6 Å². The summed E-state index contributed by atoms with van der Waals surface area (Å²) in [6.45, 7) is 0.623. The molecule has 0 saturated carbocycles. The summed E-state index contributed by atoms with van der Waals surface area (Å²) in [6, 6.07) is 20.4. The highest BCUT2D eigenvalue weighted by molar-refractivity contribution is 7.99. The van der Waals surface area contributed by atoms with Crippen LogP contribution in [-0.2, 0) is 6.54 Å². The van der Waals surface area contributed by atoms with Crippen LogP contribution >= 0.6 is 47.2 Å². The minimum absolute atomic E-state index is 0.155. The lowest BCUT2D eigenvalue weighted by atomic mass is 10.2. The summed E-state index contributed by atoms with van der Waals surface area (Å²) in [4.78, 5) is 16.2. The van der Waals surface area contributed by atoms with Gasteiger partial charge in [0.05, 0.1) is 15.9 Å². The third kappa shape index (κ3) is 5.19. The number of H-pyrrole nitrogens is 1. The molecule has 32 heavy (non-hydrogen) atoms. The Hall–Kier alpha value is -2.71. The fourth-order valence-corrected chi connectivity index (χ4v) is 4.71. The van der Waals surface area contributed by atoms with E-state index in [4.69, 9.17) is 35.4 Å². The van der Waals surface area contributed by atoms with Crippen molar-refractivity contribution in [2.24, 2.45) is 0 Å². The van der Waals surface area contributed by atoms with Gasteiger partial charge < -0.3 is 20.7 Å². The number of aromatic amines is 1. The molecule has 3 aromatic carbocycles. The Kier molecular flexibility index (Phi) is 6.91. The highest BCUT2D eigenvalue weighted by Gasteiger charge is 2.16. The first-order valence-electron chi connectivity index (χ1n) is 9.51. The van der Waals surface area contributed by atoms with Gasteiger partial charge in [0.1, 0.15) is 10.6 Å². The van der Waals surface area contributed by atoms with Crippen LogP contribution in [0.4, 0.5) is 5.69 Å². The summed E-state index contributed by atoms with van der Waals surface area (Å²) in [7, 11) is 0. The van der Waals surface area contributed by atoms with Crippen molar-refractivity contribution in [3.8, 4) is 5.75 Å². The van der Waals surface area contributed by atoms with Crippen LogP contribution in [0.25, 0.3) is 10.9 Å². The van der Waals surface area contributed by atoms with Crippen molar-refractivity contribution in [3.05, 3.63) is 92.7 Å². The number of anilines is 1. The molecule has 9 heteroatoms. The van der Waals surface area contributed by atoms with Crippen molar-refractivity contribution < 1.29 is 5.11 Å². The smallest absolute Gasteiger partial charge is 0.266 e. The van der Waals surface area contributed by atoms with E-state index in [2.05, 4.69) is 15.6 Å². The summed E-state index contributed by atoms with van der Waals surface area (Å²) >= 11 is 18.7. The number of hydrogen-bond acceptors (Lipinski definition) is 4. The van der Waals surface area contributed by atoms with Crippen LogP contribution in [0.1, 0.15) is 5.56 Å². The van der Waals surface area contributed by atoms with Gasteiger partial charge in [0.15, 0.2) is 5.11 Å². The molecule has 1 aromatic heterocycles. The maximum atomic E-state index is 12.5. The Bertz CT molecular complexity index is 1340. The van der Waals surface area contributed by atoms with Crippen molar-refractivity contribution in [2.75, 3.05) is 5.32 Å². The van der Waals surface area contributed by atoms with E-state index in [0.29, 0.717) is 27.6 Å². The van der Waals surface area contributed by atoms with Crippen LogP contribution in [0.3, 0.4) is 0 Å². The van der Waals surface area contributed by atoms with Crippen LogP contribution in [-0.4, -0.2) is 15.2 Å². The summed E-state index contributed by atoms with van der Waals surface area (Å²) in [6.07, 6.45) is 0. The predicted molar refractivity (Wildman–Crippen MR) is 136 cm³/mol. The molecule has 0 spiro atoms.